The van der Waals surface area contributed by atoms with Crippen LogP contribution in [0.2, 0.25) is 0 Å². The number of ether oxygens (including phenoxy) is 2. The Morgan fingerprint density at radius 2 is 1.86 bits per heavy atom. The van der Waals surface area contributed by atoms with Crippen molar-refractivity contribution in [3.05, 3.63) is 33.9 Å². The molecule has 1 aromatic rings. The molecular formula is C14H23N3O4. The van der Waals surface area contributed by atoms with Gasteiger partial charge in [0.1, 0.15) is 5.69 Å². The lowest BCUT2D eigenvalue weighted by Crippen LogP contribution is -2.30. The normalized spacial score (nSPS) is 10.9. The molecule has 0 aliphatic carbocycles. The lowest BCUT2D eigenvalue weighted by molar-refractivity contribution is -0.384. The average Bonchev–Trinajstić information content (AvgIpc) is 2.49. The lowest BCUT2D eigenvalue weighted by atomic mass is 10.1. The maximum Gasteiger partial charge on any atom is 0.292 e. The highest BCUT2D eigenvalue weighted by Gasteiger charge is 2.14. The number of hydrogen-bond acceptors (Lipinski definition) is 6. The van der Waals surface area contributed by atoms with Crippen LogP contribution in [0.4, 0.5) is 11.4 Å². The van der Waals surface area contributed by atoms with Crippen LogP contribution >= 0.6 is 0 Å². The Hall–Kier alpha value is -1.70. The molecule has 1 rings (SSSR count). The largest absolute Gasteiger partial charge is 0.383 e. The van der Waals surface area contributed by atoms with Crippen molar-refractivity contribution < 1.29 is 14.4 Å². The van der Waals surface area contributed by atoms with Crippen LogP contribution in [-0.4, -0.2) is 57.4 Å². The molecule has 0 radical (unpaired) electrons. The molecule has 0 fully saturated rings. The fraction of sp³-hybridized carbons (Fsp3) is 0.571. The van der Waals surface area contributed by atoms with E-state index >= 15 is 0 Å². The molecule has 0 atom stereocenters. The van der Waals surface area contributed by atoms with E-state index in [1.807, 2.05) is 6.07 Å². The third kappa shape index (κ3) is 5.66. The molecule has 118 valence electrons. The number of nitrogens with zero attached hydrogens (tertiary/aromatic N) is 2. The van der Waals surface area contributed by atoms with Crippen molar-refractivity contribution in [3.63, 3.8) is 0 Å². The molecule has 21 heavy (non-hydrogen) atoms. The van der Waals surface area contributed by atoms with E-state index in [1.54, 1.807) is 27.3 Å². The number of nitro groups is 1. The highest BCUT2D eigenvalue weighted by atomic mass is 16.6. The first-order valence-corrected chi connectivity index (χ1v) is 6.77. The summed E-state index contributed by atoms with van der Waals surface area (Å²) in [6.45, 7) is 3.53. The summed E-state index contributed by atoms with van der Waals surface area (Å²) in [6.07, 6.45) is 0. The highest BCUT2D eigenvalue weighted by molar-refractivity contribution is 5.62. The van der Waals surface area contributed by atoms with Crippen LogP contribution in [0.5, 0.6) is 0 Å². The van der Waals surface area contributed by atoms with Crippen molar-refractivity contribution in [1.82, 2.24) is 4.90 Å². The monoisotopic (exact) mass is 297 g/mol. The van der Waals surface area contributed by atoms with Gasteiger partial charge >= 0.3 is 0 Å². The van der Waals surface area contributed by atoms with E-state index in [2.05, 4.69) is 10.2 Å². The topological polar surface area (TPSA) is 76.9 Å². The molecule has 0 unspecified atom stereocenters. The quantitative estimate of drug-likeness (QED) is 0.523. The Balaban J connectivity index is 2.79. The van der Waals surface area contributed by atoms with Crippen LogP contribution < -0.4 is 5.32 Å². The minimum atomic E-state index is -0.386. The lowest BCUT2D eigenvalue weighted by Gasteiger charge is -2.21. The molecule has 0 saturated carbocycles. The first-order chi connectivity index (χ1) is 10.1. The Kier molecular flexibility index (Phi) is 7.66. The SMILES string of the molecule is CNc1cc(CN(CCOC)CCOC)ccc1[N+](=O)[O-]. The van der Waals surface area contributed by atoms with Gasteiger partial charge < -0.3 is 14.8 Å². The summed E-state index contributed by atoms with van der Waals surface area (Å²) in [5.74, 6) is 0. The standard InChI is InChI=1S/C14H23N3O4/c1-15-13-10-12(4-5-14(13)17(18)19)11-16(6-8-20-2)7-9-21-3/h4-5,10,15H,6-9,11H2,1-3H3. The summed E-state index contributed by atoms with van der Waals surface area (Å²) in [5.41, 5.74) is 1.62. The van der Waals surface area contributed by atoms with Gasteiger partial charge in [0.25, 0.3) is 5.69 Å². The van der Waals surface area contributed by atoms with Gasteiger partial charge in [-0.05, 0) is 11.6 Å². The van der Waals surface area contributed by atoms with E-state index in [0.717, 1.165) is 18.7 Å². The number of nitro benzene ring substituents is 1. The molecule has 0 aliphatic rings. The van der Waals surface area contributed by atoms with Crippen LogP contribution in [0.1, 0.15) is 5.56 Å². The van der Waals surface area contributed by atoms with E-state index in [0.29, 0.717) is 25.4 Å². The number of anilines is 1. The second kappa shape index (κ2) is 9.28. The maximum absolute atomic E-state index is 10.9. The molecule has 0 saturated heterocycles. The molecule has 1 N–H and O–H groups in total. The van der Waals surface area contributed by atoms with Gasteiger partial charge in [0, 0.05) is 47.0 Å². The smallest absolute Gasteiger partial charge is 0.292 e. The molecule has 0 spiro atoms. The molecular weight excluding hydrogens is 274 g/mol. The molecule has 7 heteroatoms. The second-order valence-corrected chi connectivity index (χ2v) is 4.62. The van der Waals surface area contributed by atoms with E-state index < -0.39 is 0 Å². The fourth-order valence-electron chi connectivity index (χ4n) is 2.01. The predicted octanol–water partition coefficient (Wildman–Crippen LogP) is 1.73. The van der Waals surface area contributed by atoms with Crippen molar-refractivity contribution in [2.75, 3.05) is 52.9 Å². The number of hydrogen-bond donors (Lipinski definition) is 1. The summed E-state index contributed by atoms with van der Waals surface area (Å²) in [4.78, 5) is 12.7. The number of rotatable bonds is 10. The minimum absolute atomic E-state index is 0.0848. The van der Waals surface area contributed by atoms with E-state index in [-0.39, 0.29) is 10.6 Å². The zero-order chi connectivity index (χ0) is 15.7. The first kappa shape index (κ1) is 17.4. The van der Waals surface area contributed by atoms with Crippen molar-refractivity contribution in [2.45, 2.75) is 6.54 Å². The summed E-state index contributed by atoms with van der Waals surface area (Å²) in [7, 11) is 5.01. The number of benzene rings is 1. The van der Waals surface area contributed by atoms with E-state index in [9.17, 15) is 10.1 Å². The van der Waals surface area contributed by atoms with Crippen LogP contribution in [0, 0.1) is 10.1 Å². The van der Waals surface area contributed by atoms with Gasteiger partial charge in [-0.2, -0.15) is 0 Å². The van der Waals surface area contributed by atoms with Crippen LogP contribution in [0.3, 0.4) is 0 Å². The molecule has 0 aliphatic heterocycles. The third-order valence-corrected chi connectivity index (χ3v) is 3.16. The van der Waals surface area contributed by atoms with Gasteiger partial charge in [-0.25, -0.2) is 0 Å². The van der Waals surface area contributed by atoms with E-state index in [1.165, 1.54) is 6.07 Å². The summed E-state index contributed by atoms with van der Waals surface area (Å²) in [5, 5.41) is 13.8. The summed E-state index contributed by atoms with van der Waals surface area (Å²) in [6, 6.07) is 5.13. The van der Waals surface area contributed by atoms with Crippen molar-refractivity contribution in [3.8, 4) is 0 Å². The summed E-state index contributed by atoms with van der Waals surface area (Å²) < 4.78 is 10.2. The van der Waals surface area contributed by atoms with Gasteiger partial charge in [-0.15, -0.1) is 0 Å². The van der Waals surface area contributed by atoms with Crippen molar-refractivity contribution in [1.29, 1.82) is 0 Å². The Morgan fingerprint density at radius 3 is 2.33 bits per heavy atom. The Morgan fingerprint density at radius 1 is 1.24 bits per heavy atom. The second-order valence-electron chi connectivity index (χ2n) is 4.62. The molecule has 7 nitrogen and oxygen atoms in total. The third-order valence-electron chi connectivity index (χ3n) is 3.16. The zero-order valence-electron chi connectivity index (χ0n) is 12.8. The molecule has 0 amide bonds. The maximum atomic E-state index is 10.9. The van der Waals surface area contributed by atoms with Gasteiger partial charge in [0.2, 0.25) is 0 Å². The van der Waals surface area contributed by atoms with E-state index in [4.69, 9.17) is 9.47 Å². The van der Waals surface area contributed by atoms with Gasteiger partial charge in [0.15, 0.2) is 0 Å². The summed E-state index contributed by atoms with van der Waals surface area (Å²) >= 11 is 0. The van der Waals surface area contributed by atoms with Crippen LogP contribution in [0.25, 0.3) is 0 Å². The van der Waals surface area contributed by atoms with Gasteiger partial charge in [0.05, 0.1) is 18.1 Å². The average molecular weight is 297 g/mol. The van der Waals surface area contributed by atoms with Crippen LogP contribution in [-0.2, 0) is 16.0 Å². The first-order valence-electron chi connectivity index (χ1n) is 6.77. The van der Waals surface area contributed by atoms with Crippen molar-refractivity contribution in [2.24, 2.45) is 0 Å². The predicted molar refractivity (Wildman–Crippen MR) is 81.7 cm³/mol. The molecule has 0 bridgehead atoms. The van der Waals surface area contributed by atoms with Crippen molar-refractivity contribution >= 4 is 11.4 Å². The molecule has 0 aromatic heterocycles. The zero-order valence-corrected chi connectivity index (χ0v) is 12.8. The number of nitrogens with one attached hydrogen (secondary N) is 1. The molecule has 1 aromatic carbocycles. The van der Waals surface area contributed by atoms with Crippen LogP contribution in [0.15, 0.2) is 18.2 Å². The van der Waals surface area contributed by atoms with Gasteiger partial charge in [-0.1, -0.05) is 6.07 Å². The minimum Gasteiger partial charge on any atom is -0.383 e. The highest BCUT2D eigenvalue weighted by Crippen LogP contribution is 2.25. The number of methoxy groups -OCH3 is 2. The molecule has 0 heterocycles. The van der Waals surface area contributed by atoms with Gasteiger partial charge in [-0.3, -0.25) is 15.0 Å². The fourth-order valence-corrected chi connectivity index (χ4v) is 2.01. The Bertz CT molecular complexity index is 446. The Labute approximate surface area is 125 Å².